The molecular formula is C21H27FN2O5S. The van der Waals surface area contributed by atoms with Crippen LogP contribution in [0.5, 0.6) is 0 Å². The monoisotopic (exact) mass is 438 g/mol. The maximum Gasteiger partial charge on any atom is 0.312 e. The molecule has 0 amide bonds. The van der Waals surface area contributed by atoms with Crippen LogP contribution < -0.4 is 0 Å². The van der Waals surface area contributed by atoms with Crippen molar-refractivity contribution in [3.05, 3.63) is 39.7 Å². The Morgan fingerprint density at radius 1 is 1.40 bits per heavy atom. The zero-order chi connectivity index (χ0) is 22.1. The molecule has 3 rings (SSSR count). The van der Waals surface area contributed by atoms with Crippen molar-refractivity contribution >= 4 is 28.5 Å². The van der Waals surface area contributed by atoms with Crippen LogP contribution in [0.4, 0.5) is 10.1 Å². The molecule has 1 saturated carbocycles. The van der Waals surface area contributed by atoms with Crippen LogP contribution in [0.15, 0.2) is 23.2 Å². The van der Waals surface area contributed by atoms with E-state index in [1.54, 1.807) is 27.9 Å². The molecule has 9 heteroatoms. The smallest absolute Gasteiger partial charge is 0.312 e. The molecule has 0 bridgehead atoms. The highest BCUT2D eigenvalue weighted by Gasteiger charge is 2.49. The van der Waals surface area contributed by atoms with E-state index in [1.165, 1.54) is 17.8 Å². The standard InChI is InChI=1S/C21H27FN2O5S/c1-20(2,3)29-19(25)10-18-23-21(11-15(28-4)7-5-13(21)12-30-18)16-9-14(24(26)27)6-8-17(16)22/h6,8-9,13,15H,5,7,10-12H2,1-4H3/t13-,15?,21-/m0/s1. The van der Waals surface area contributed by atoms with E-state index in [0.29, 0.717) is 17.2 Å². The topological polar surface area (TPSA) is 91.0 Å². The lowest BCUT2D eigenvalue weighted by Crippen LogP contribution is -2.46. The number of non-ortho nitro benzene ring substituents is 1. The first-order valence-corrected chi connectivity index (χ1v) is 10.9. The lowest BCUT2D eigenvalue weighted by atomic mass is 9.68. The molecule has 0 aromatic heterocycles. The van der Waals surface area contributed by atoms with Gasteiger partial charge in [-0.3, -0.25) is 19.9 Å². The molecule has 1 heterocycles. The fourth-order valence-electron chi connectivity index (χ4n) is 4.19. The number of carbonyl (C=O) groups is 1. The highest BCUT2D eigenvalue weighted by molar-refractivity contribution is 8.14. The van der Waals surface area contributed by atoms with Crippen LogP contribution >= 0.6 is 11.8 Å². The SMILES string of the molecule is COC1CC[C@H]2CSC(CC(=O)OC(C)(C)C)=N[C@@]2(c2cc([N+](=O)[O-])ccc2F)C1. The van der Waals surface area contributed by atoms with Crippen molar-refractivity contribution in [3.63, 3.8) is 0 Å². The van der Waals surface area contributed by atoms with Gasteiger partial charge in [0.15, 0.2) is 0 Å². The van der Waals surface area contributed by atoms with Crippen LogP contribution in [0, 0.1) is 21.8 Å². The molecule has 0 saturated heterocycles. The number of fused-ring (bicyclic) bond motifs is 1. The minimum absolute atomic E-state index is 0.00668. The number of carbonyl (C=O) groups excluding carboxylic acids is 1. The van der Waals surface area contributed by atoms with Crippen LogP contribution in [-0.2, 0) is 19.8 Å². The number of aliphatic imine (C=N–C) groups is 1. The van der Waals surface area contributed by atoms with Gasteiger partial charge in [0, 0.05) is 37.0 Å². The van der Waals surface area contributed by atoms with Crippen LogP contribution in [0.2, 0.25) is 0 Å². The average Bonchev–Trinajstić information content (AvgIpc) is 2.65. The predicted molar refractivity (Wildman–Crippen MR) is 113 cm³/mol. The van der Waals surface area contributed by atoms with E-state index in [2.05, 4.69) is 0 Å². The third-order valence-electron chi connectivity index (χ3n) is 5.50. The highest BCUT2D eigenvalue weighted by Crippen LogP contribution is 2.51. The summed E-state index contributed by atoms with van der Waals surface area (Å²) in [5, 5.41) is 11.9. The van der Waals surface area contributed by atoms with E-state index >= 15 is 0 Å². The molecule has 0 radical (unpaired) electrons. The van der Waals surface area contributed by atoms with Gasteiger partial charge in [0.1, 0.15) is 11.4 Å². The normalized spacial score (nSPS) is 26.5. The van der Waals surface area contributed by atoms with Gasteiger partial charge in [-0.05, 0) is 45.6 Å². The summed E-state index contributed by atoms with van der Waals surface area (Å²) in [7, 11) is 1.60. The Balaban J connectivity index is 2.05. The van der Waals surface area contributed by atoms with Crippen LogP contribution in [0.1, 0.15) is 52.0 Å². The number of nitrogens with zero attached hydrogens (tertiary/aromatic N) is 2. The van der Waals surface area contributed by atoms with E-state index in [9.17, 15) is 19.3 Å². The second kappa shape index (κ2) is 8.63. The maximum atomic E-state index is 15.0. The molecule has 1 aliphatic carbocycles. The molecule has 7 nitrogen and oxygen atoms in total. The Hall–Kier alpha value is -2.00. The number of nitro benzene ring substituents is 1. The second-order valence-corrected chi connectivity index (χ2v) is 9.85. The van der Waals surface area contributed by atoms with Gasteiger partial charge in [-0.2, -0.15) is 0 Å². The van der Waals surface area contributed by atoms with Crippen LogP contribution in [0.3, 0.4) is 0 Å². The average molecular weight is 439 g/mol. The molecule has 1 aromatic rings. The Kier molecular flexibility index (Phi) is 6.52. The summed E-state index contributed by atoms with van der Waals surface area (Å²) in [4.78, 5) is 28.0. The third-order valence-corrected chi connectivity index (χ3v) is 6.64. The van der Waals surface area contributed by atoms with Gasteiger partial charge in [-0.25, -0.2) is 4.39 Å². The maximum absolute atomic E-state index is 15.0. The summed E-state index contributed by atoms with van der Waals surface area (Å²) in [5.74, 6) is -0.288. The number of thioether (sulfide) groups is 1. The Morgan fingerprint density at radius 3 is 2.77 bits per heavy atom. The molecule has 164 valence electrons. The van der Waals surface area contributed by atoms with Crippen molar-refractivity contribution in [1.29, 1.82) is 0 Å². The van der Waals surface area contributed by atoms with Gasteiger partial charge in [0.05, 0.1) is 28.0 Å². The van der Waals surface area contributed by atoms with Gasteiger partial charge in [-0.1, -0.05) is 0 Å². The van der Waals surface area contributed by atoms with Crippen molar-refractivity contribution < 1.29 is 23.6 Å². The van der Waals surface area contributed by atoms with Crippen molar-refractivity contribution in [1.82, 2.24) is 0 Å². The number of ether oxygens (including phenoxy) is 2. The molecular weight excluding hydrogens is 411 g/mol. The number of methoxy groups -OCH3 is 1. The van der Waals surface area contributed by atoms with Gasteiger partial charge >= 0.3 is 5.97 Å². The van der Waals surface area contributed by atoms with Crippen LogP contribution in [-0.4, -0.2) is 40.5 Å². The largest absolute Gasteiger partial charge is 0.460 e. The van der Waals surface area contributed by atoms with Crippen molar-refractivity contribution in [2.45, 2.75) is 63.7 Å². The number of benzene rings is 1. The first-order valence-electron chi connectivity index (χ1n) is 9.94. The number of hydrogen-bond acceptors (Lipinski definition) is 7. The number of esters is 1. The zero-order valence-electron chi connectivity index (χ0n) is 17.6. The van der Waals surface area contributed by atoms with Crippen LogP contribution in [0.25, 0.3) is 0 Å². The van der Waals surface area contributed by atoms with E-state index < -0.39 is 27.8 Å². The highest BCUT2D eigenvalue weighted by atomic mass is 32.2. The summed E-state index contributed by atoms with van der Waals surface area (Å²) in [5.41, 5.74) is -1.60. The van der Waals surface area contributed by atoms with E-state index in [1.807, 2.05) is 0 Å². The summed E-state index contributed by atoms with van der Waals surface area (Å²) in [6, 6.07) is 3.56. The Bertz CT molecular complexity index is 869. The third kappa shape index (κ3) is 4.83. The summed E-state index contributed by atoms with van der Waals surface area (Å²) >= 11 is 1.47. The first kappa shape index (κ1) is 22.7. The number of rotatable bonds is 5. The van der Waals surface area contributed by atoms with Gasteiger partial charge in [0.25, 0.3) is 5.69 Å². The van der Waals surface area contributed by atoms with Crippen molar-refractivity contribution in [2.75, 3.05) is 12.9 Å². The molecule has 1 aromatic carbocycles. The predicted octanol–water partition coefficient (Wildman–Crippen LogP) is 4.62. The Labute approximate surface area is 179 Å². The van der Waals surface area contributed by atoms with Gasteiger partial charge in [0.2, 0.25) is 0 Å². The van der Waals surface area contributed by atoms with E-state index in [0.717, 1.165) is 25.0 Å². The van der Waals surface area contributed by atoms with E-state index in [-0.39, 0.29) is 29.7 Å². The molecule has 2 aliphatic rings. The molecule has 1 unspecified atom stereocenters. The lowest BCUT2D eigenvalue weighted by Gasteiger charge is -2.47. The second-order valence-electron chi connectivity index (χ2n) is 8.76. The van der Waals surface area contributed by atoms with E-state index in [4.69, 9.17) is 14.5 Å². The zero-order valence-corrected chi connectivity index (χ0v) is 18.5. The molecule has 30 heavy (non-hydrogen) atoms. The molecule has 3 atom stereocenters. The Morgan fingerprint density at radius 2 is 2.13 bits per heavy atom. The lowest BCUT2D eigenvalue weighted by molar-refractivity contribution is -0.385. The van der Waals surface area contributed by atoms with Crippen molar-refractivity contribution in [3.8, 4) is 0 Å². The minimum atomic E-state index is -1.00. The summed E-state index contributed by atoms with van der Waals surface area (Å²) in [6.07, 6.45) is 1.83. The number of halogens is 1. The summed E-state index contributed by atoms with van der Waals surface area (Å²) < 4.78 is 26.0. The number of nitro groups is 1. The fourth-order valence-corrected chi connectivity index (χ4v) is 5.48. The fraction of sp³-hybridized carbons (Fsp3) is 0.619. The van der Waals surface area contributed by atoms with Gasteiger partial charge in [-0.15, -0.1) is 11.8 Å². The van der Waals surface area contributed by atoms with Gasteiger partial charge < -0.3 is 9.47 Å². The molecule has 1 aliphatic heterocycles. The molecule has 0 spiro atoms. The first-order chi connectivity index (χ1) is 14.0. The molecule has 0 N–H and O–H groups in total. The summed E-state index contributed by atoms with van der Waals surface area (Å²) in [6.45, 7) is 5.38. The minimum Gasteiger partial charge on any atom is -0.460 e. The molecule has 1 fully saturated rings. The van der Waals surface area contributed by atoms with Crippen molar-refractivity contribution in [2.24, 2.45) is 10.9 Å². The number of hydrogen-bond donors (Lipinski definition) is 0. The quantitative estimate of drug-likeness (QED) is 0.378.